The van der Waals surface area contributed by atoms with Crippen LogP contribution in [0.1, 0.15) is 24.2 Å². The van der Waals surface area contributed by atoms with Gasteiger partial charge in [0.25, 0.3) is 0 Å². The van der Waals surface area contributed by atoms with Crippen molar-refractivity contribution in [2.45, 2.75) is 18.6 Å². The van der Waals surface area contributed by atoms with Crippen molar-refractivity contribution in [3.05, 3.63) is 23.8 Å². The van der Waals surface area contributed by atoms with E-state index in [0.717, 1.165) is 23.7 Å². The van der Waals surface area contributed by atoms with Gasteiger partial charge in [0.05, 0.1) is 6.54 Å². The van der Waals surface area contributed by atoms with E-state index in [0.29, 0.717) is 18.3 Å². The summed E-state index contributed by atoms with van der Waals surface area (Å²) in [5, 5.41) is 2.90. The molecule has 6 nitrogen and oxygen atoms in total. The van der Waals surface area contributed by atoms with Crippen LogP contribution in [-0.2, 0) is 9.59 Å². The molecule has 23 heavy (non-hydrogen) atoms. The van der Waals surface area contributed by atoms with Gasteiger partial charge in [-0.3, -0.25) is 9.59 Å². The van der Waals surface area contributed by atoms with Crippen LogP contribution in [0.5, 0.6) is 11.5 Å². The predicted molar refractivity (Wildman–Crippen MR) is 87.6 cm³/mol. The normalized spacial score (nSPS) is 20.0. The fraction of sp³-hybridized carbons (Fsp3) is 0.500. The number of nitrogens with zero attached hydrogens (tertiary/aromatic N) is 1. The van der Waals surface area contributed by atoms with Gasteiger partial charge in [-0.25, -0.2) is 0 Å². The molecule has 2 amide bonds. The van der Waals surface area contributed by atoms with Crippen LogP contribution >= 0.6 is 11.8 Å². The Balaban J connectivity index is 1.60. The molecule has 0 aliphatic carbocycles. The number of ether oxygens (including phenoxy) is 2. The molecule has 0 aromatic heterocycles. The summed E-state index contributed by atoms with van der Waals surface area (Å²) in [6.07, 6.45) is 0.885. The molecular weight excluding hydrogens is 316 g/mol. The second kappa shape index (κ2) is 7.12. The van der Waals surface area contributed by atoms with Crippen LogP contribution in [0.15, 0.2) is 18.2 Å². The van der Waals surface area contributed by atoms with Gasteiger partial charge in [0, 0.05) is 31.0 Å². The average Bonchev–Trinajstić information content (AvgIpc) is 2.87. The Morgan fingerprint density at radius 2 is 2.13 bits per heavy atom. The van der Waals surface area contributed by atoms with Gasteiger partial charge >= 0.3 is 0 Å². The zero-order valence-electron chi connectivity index (χ0n) is 13.0. The highest BCUT2D eigenvalue weighted by molar-refractivity contribution is 7.99. The molecule has 3 rings (SSSR count). The van der Waals surface area contributed by atoms with Gasteiger partial charge in [-0.2, -0.15) is 11.8 Å². The zero-order valence-corrected chi connectivity index (χ0v) is 13.9. The van der Waals surface area contributed by atoms with Gasteiger partial charge in [0.2, 0.25) is 18.6 Å². The Labute approximate surface area is 139 Å². The monoisotopic (exact) mass is 336 g/mol. The molecule has 2 aliphatic rings. The summed E-state index contributed by atoms with van der Waals surface area (Å²) in [4.78, 5) is 24.9. The summed E-state index contributed by atoms with van der Waals surface area (Å²) >= 11 is 1.85. The van der Waals surface area contributed by atoms with E-state index in [1.807, 2.05) is 28.8 Å². The molecule has 2 heterocycles. The number of benzene rings is 1. The molecule has 0 saturated carbocycles. The van der Waals surface area contributed by atoms with Crippen molar-refractivity contribution in [2.75, 3.05) is 32.2 Å². The third-order valence-electron chi connectivity index (χ3n) is 3.95. The van der Waals surface area contributed by atoms with E-state index in [-0.39, 0.29) is 25.2 Å². The molecule has 1 atom stereocenters. The van der Waals surface area contributed by atoms with Crippen LogP contribution in [0.25, 0.3) is 0 Å². The van der Waals surface area contributed by atoms with E-state index in [1.54, 1.807) is 0 Å². The molecule has 0 spiro atoms. The van der Waals surface area contributed by atoms with Crippen LogP contribution in [0.3, 0.4) is 0 Å². The minimum Gasteiger partial charge on any atom is -0.454 e. The van der Waals surface area contributed by atoms with Crippen molar-refractivity contribution in [3.8, 4) is 11.5 Å². The molecule has 1 fully saturated rings. The lowest BCUT2D eigenvalue weighted by Gasteiger charge is -2.20. The lowest BCUT2D eigenvalue weighted by atomic mass is 10.1. The van der Waals surface area contributed by atoms with Gasteiger partial charge in [0.15, 0.2) is 11.5 Å². The maximum Gasteiger partial charge on any atom is 0.241 e. The van der Waals surface area contributed by atoms with E-state index in [1.165, 1.54) is 12.5 Å². The third kappa shape index (κ3) is 3.90. The summed E-state index contributed by atoms with van der Waals surface area (Å²) in [5.41, 5.74) is 1.20. The summed E-state index contributed by atoms with van der Waals surface area (Å²) in [7, 11) is 0. The van der Waals surface area contributed by atoms with Gasteiger partial charge in [0.1, 0.15) is 0 Å². The number of fused-ring (bicyclic) bond motifs is 1. The fourth-order valence-electron chi connectivity index (χ4n) is 2.71. The number of carbonyl (C=O) groups is 2. The third-order valence-corrected chi connectivity index (χ3v) is 5.28. The topological polar surface area (TPSA) is 67.9 Å². The molecule has 124 valence electrons. The first-order valence-electron chi connectivity index (χ1n) is 7.67. The summed E-state index contributed by atoms with van der Waals surface area (Å²) < 4.78 is 10.8. The Kier molecular flexibility index (Phi) is 4.95. The number of thioether (sulfide) groups is 1. The van der Waals surface area contributed by atoms with Gasteiger partial charge in [-0.15, -0.1) is 0 Å². The molecule has 1 aromatic carbocycles. The fourth-order valence-corrected chi connectivity index (χ4v) is 3.93. The molecule has 0 bridgehead atoms. The Morgan fingerprint density at radius 3 is 2.96 bits per heavy atom. The lowest BCUT2D eigenvalue weighted by molar-refractivity contribution is -0.132. The summed E-state index contributed by atoms with van der Waals surface area (Å²) in [6, 6.07) is 6.05. The van der Waals surface area contributed by atoms with Gasteiger partial charge in [-0.05, 0) is 24.1 Å². The van der Waals surface area contributed by atoms with E-state index >= 15 is 0 Å². The minimum absolute atomic E-state index is 0.0212. The number of hydrogen-bond donors (Lipinski definition) is 1. The van der Waals surface area contributed by atoms with Crippen molar-refractivity contribution >= 4 is 23.6 Å². The molecule has 1 unspecified atom stereocenters. The molecule has 1 saturated heterocycles. The molecular formula is C16H20N2O4S. The Morgan fingerprint density at radius 1 is 1.30 bits per heavy atom. The highest BCUT2D eigenvalue weighted by atomic mass is 32.2. The number of rotatable bonds is 3. The first-order valence-corrected chi connectivity index (χ1v) is 8.72. The molecule has 0 radical (unpaired) electrons. The standard InChI is InChI=1S/C16H20N2O4S/c1-11(19)17-9-16(20)18-5-4-15(23-7-6-18)12-2-3-13-14(8-12)22-10-21-13/h2-3,8,15H,4-7,9-10H2,1H3,(H,17,19). The van der Waals surface area contributed by atoms with Crippen molar-refractivity contribution in [1.29, 1.82) is 0 Å². The smallest absolute Gasteiger partial charge is 0.241 e. The Bertz CT molecular complexity index is 608. The first kappa shape index (κ1) is 16.0. The summed E-state index contributed by atoms with van der Waals surface area (Å²) in [5.74, 6) is 2.27. The van der Waals surface area contributed by atoms with Crippen LogP contribution in [0.2, 0.25) is 0 Å². The number of nitrogens with one attached hydrogen (secondary N) is 1. The maximum atomic E-state index is 12.1. The van der Waals surface area contributed by atoms with Crippen LogP contribution in [0.4, 0.5) is 0 Å². The highest BCUT2D eigenvalue weighted by Crippen LogP contribution is 2.40. The van der Waals surface area contributed by atoms with E-state index in [4.69, 9.17) is 9.47 Å². The van der Waals surface area contributed by atoms with E-state index in [9.17, 15) is 9.59 Å². The molecule has 1 N–H and O–H groups in total. The second-order valence-electron chi connectivity index (χ2n) is 5.55. The molecule has 1 aromatic rings. The van der Waals surface area contributed by atoms with Crippen molar-refractivity contribution in [2.24, 2.45) is 0 Å². The van der Waals surface area contributed by atoms with Crippen molar-refractivity contribution in [1.82, 2.24) is 10.2 Å². The average molecular weight is 336 g/mol. The number of amides is 2. The van der Waals surface area contributed by atoms with Crippen LogP contribution in [-0.4, -0.2) is 48.9 Å². The molecule has 7 heteroatoms. The van der Waals surface area contributed by atoms with Crippen LogP contribution in [0, 0.1) is 0 Å². The lowest BCUT2D eigenvalue weighted by Crippen LogP contribution is -2.40. The largest absolute Gasteiger partial charge is 0.454 e. The summed E-state index contributed by atoms with van der Waals surface area (Å²) in [6.45, 7) is 3.19. The zero-order chi connectivity index (χ0) is 16.2. The van der Waals surface area contributed by atoms with Crippen LogP contribution < -0.4 is 14.8 Å². The Hall–Kier alpha value is -1.89. The first-order chi connectivity index (χ1) is 11.1. The minimum atomic E-state index is -0.180. The maximum absolute atomic E-state index is 12.1. The molecule has 2 aliphatic heterocycles. The number of hydrogen-bond acceptors (Lipinski definition) is 5. The highest BCUT2D eigenvalue weighted by Gasteiger charge is 2.23. The second-order valence-corrected chi connectivity index (χ2v) is 6.86. The van der Waals surface area contributed by atoms with E-state index in [2.05, 4.69) is 11.4 Å². The number of carbonyl (C=O) groups excluding carboxylic acids is 2. The van der Waals surface area contributed by atoms with Crippen molar-refractivity contribution < 1.29 is 19.1 Å². The van der Waals surface area contributed by atoms with Crippen molar-refractivity contribution in [3.63, 3.8) is 0 Å². The SMILES string of the molecule is CC(=O)NCC(=O)N1CCSC(c2ccc3c(c2)OCO3)CC1. The van der Waals surface area contributed by atoms with Gasteiger partial charge < -0.3 is 19.7 Å². The predicted octanol–water partition coefficient (Wildman–Crippen LogP) is 1.56. The van der Waals surface area contributed by atoms with E-state index < -0.39 is 0 Å². The van der Waals surface area contributed by atoms with Gasteiger partial charge in [-0.1, -0.05) is 6.07 Å². The quantitative estimate of drug-likeness (QED) is 0.907.